The Kier molecular flexibility index (Phi) is 5.28. The van der Waals surface area contributed by atoms with Crippen LogP contribution >= 0.6 is 11.3 Å². The summed E-state index contributed by atoms with van der Waals surface area (Å²) in [5.41, 5.74) is 2.62. The molecule has 1 aromatic carbocycles. The molecule has 6 nitrogen and oxygen atoms in total. The van der Waals surface area contributed by atoms with E-state index in [1.165, 1.54) is 11.3 Å². The molecule has 0 bridgehead atoms. The molecule has 0 atom stereocenters. The fourth-order valence-corrected chi connectivity index (χ4v) is 4.30. The molecule has 146 valence electrons. The fourth-order valence-electron chi connectivity index (χ4n) is 3.17. The van der Waals surface area contributed by atoms with Crippen molar-refractivity contribution >= 4 is 33.1 Å². The van der Waals surface area contributed by atoms with Crippen LogP contribution in [-0.4, -0.2) is 36.2 Å². The van der Waals surface area contributed by atoms with Crippen molar-refractivity contribution in [2.75, 3.05) is 25.6 Å². The van der Waals surface area contributed by atoms with E-state index in [-0.39, 0.29) is 5.91 Å². The van der Waals surface area contributed by atoms with Crippen LogP contribution < -0.4 is 10.1 Å². The zero-order valence-corrected chi connectivity index (χ0v) is 17.1. The maximum atomic E-state index is 12.8. The van der Waals surface area contributed by atoms with Crippen LogP contribution in [0.5, 0.6) is 5.75 Å². The van der Waals surface area contributed by atoms with Gasteiger partial charge in [-0.25, -0.2) is 9.97 Å². The molecule has 1 N–H and O–H groups in total. The molecule has 0 radical (unpaired) electrons. The molecular formula is C21H23N3O3S. The third kappa shape index (κ3) is 3.86. The van der Waals surface area contributed by atoms with Gasteiger partial charge >= 0.3 is 0 Å². The number of methoxy groups -OCH3 is 1. The summed E-state index contributed by atoms with van der Waals surface area (Å²) in [5, 5.41) is 3.97. The number of fused-ring (bicyclic) bond motifs is 1. The van der Waals surface area contributed by atoms with Gasteiger partial charge in [-0.05, 0) is 56.5 Å². The second-order valence-corrected chi connectivity index (χ2v) is 8.00. The van der Waals surface area contributed by atoms with Crippen molar-refractivity contribution in [2.45, 2.75) is 32.6 Å². The first-order valence-corrected chi connectivity index (χ1v) is 10.2. The average molecular weight is 398 g/mol. The molecule has 3 aromatic rings. The number of nitrogens with zero attached hydrogens (tertiary/aromatic N) is 2. The number of carbonyl (C=O) groups excluding carboxylic acids is 1. The SMILES string of the molecule is COCCOc1ccc(NC(=O)c2sc3nc(C4CC4)nc(C)c3c2C)cc1. The number of benzene rings is 1. The van der Waals surface area contributed by atoms with E-state index in [4.69, 9.17) is 14.5 Å². The maximum absolute atomic E-state index is 12.8. The van der Waals surface area contributed by atoms with E-state index in [0.29, 0.717) is 24.0 Å². The molecule has 0 saturated heterocycles. The third-order valence-electron chi connectivity index (χ3n) is 4.81. The summed E-state index contributed by atoms with van der Waals surface area (Å²) in [6, 6.07) is 7.33. The number of aryl methyl sites for hydroxylation is 2. The maximum Gasteiger partial charge on any atom is 0.266 e. The van der Waals surface area contributed by atoms with Gasteiger partial charge in [-0.15, -0.1) is 11.3 Å². The molecule has 2 heterocycles. The van der Waals surface area contributed by atoms with Crippen LogP contribution in [-0.2, 0) is 4.74 Å². The van der Waals surface area contributed by atoms with Crippen LogP contribution in [0, 0.1) is 13.8 Å². The number of anilines is 1. The number of hydrogen-bond acceptors (Lipinski definition) is 6. The van der Waals surface area contributed by atoms with E-state index in [1.54, 1.807) is 7.11 Å². The summed E-state index contributed by atoms with van der Waals surface area (Å²) < 4.78 is 10.5. The Bertz CT molecular complexity index is 1010. The summed E-state index contributed by atoms with van der Waals surface area (Å²) in [5.74, 6) is 2.03. The largest absolute Gasteiger partial charge is 0.491 e. The molecule has 0 aliphatic heterocycles. The number of hydrogen-bond donors (Lipinski definition) is 1. The molecule has 1 fully saturated rings. The lowest BCUT2D eigenvalue weighted by Gasteiger charge is -2.08. The van der Waals surface area contributed by atoms with Gasteiger partial charge in [0.05, 0.1) is 17.2 Å². The Morgan fingerprint density at radius 1 is 1.18 bits per heavy atom. The van der Waals surface area contributed by atoms with Gasteiger partial charge in [0.1, 0.15) is 23.0 Å². The molecule has 0 unspecified atom stereocenters. The topological polar surface area (TPSA) is 73.3 Å². The van der Waals surface area contributed by atoms with Crippen molar-refractivity contribution in [1.82, 2.24) is 9.97 Å². The number of ether oxygens (including phenoxy) is 2. The van der Waals surface area contributed by atoms with Crippen LogP contribution in [0.2, 0.25) is 0 Å². The van der Waals surface area contributed by atoms with Crippen molar-refractivity contribution in [3.8, 4) is 5.75 Å². The molecule has 4 rings (SSSR count). The quantitative estimate of drug-likeness (QED) is 0.596. The average Bonchev–Trinajstić information content (AvgIpc) is 3.47. The fraction of sp³-hybridized carbons (Fsp3) is 0.381. The van der Waals surface area contributed by atoms with Crippen molar-refractivity contribution in [1.29, 1.82) is 0 Å². The summed E-state index contributed by atoms with van der Waals surface area (Å²) >= 11 is 1.44. The Hall–Kier alpha value is -2.51. The van der Waals surface area contributed by atoms with Crippen LogP contribution in [0.1, 0.15) is 45.5 Å². The van der Waals surface area contributed by atoms with Gasteiger partial charge in [-0.2, -0.15) is 0 Å². The molecule has 2 aromatic heterocycles. The number of amides is 1. The van der Waals surface area contributed by atoms with Gasteiger partial charge in [0.2, 0.25) is 0 Å². The minimum Gasteiger partial charge on any atom is -0.491 e. The second kappa shape index (κ2) is 7.85. The zero-order chi connectivity index (χ0) is 19.7. The molecule has 1 saturated carbocycles. The lowest BCUT2D eigenvalue weighted by molar-refractivity contribution is 0.103. The van der Waals surface area contributed by atoms with Gasteiger partial charge in [0, 0.05) is 24.1 Å². The zero-order valence-electron chi connectivity index (χ0n) is 16.2. The van der Waals surface area contributed by atoms with E-state index in [1.807, 2.05) is 38.1 Å². The van der Waals surface area contributed by atoms with Crippen LogP contribution in [0.3, 0.4) is 0 Å². The molecule has 1 amide bonds. The molecule has 1 aliphatic rings. The molecule has 28 heavy (non-hydrogen) atoms. The van der Waals surface area contributed by atoms with Crippen molar-refractivity contribution in [3.63, 3.8) is 0 Å². The van der Waals surface area contributed by atoms with Crippen LogP contribution in [0.15, 0.2) is 24.3 Å². The van der Waals surface area contributed by atoms with Gasteiger partial charge in [-0.1, -0.05) is 0 Å². The lowest BCUT2D eigenvalue weighted by atomic mass is 10.1. The van der Waals surface area contributed by atoms with E-state index in [9.17, 15) is 4.79 Å². The number of thiophene rings is 1. The molecule has 7 heteroatoms. The minimum absolute atomic E-state index is 0.124. The molecular weight excluding hydrogens is 374 g/mol. The Morgan fingerprint density at radius 3 is 2.61 bits per heavy atom. The van der Waals surface area contributed by atoms with Gasteiger partial charge in [0.25, 0.3) is 5.91 Å². The summed E-state index contributed by atoms with van der Waals surface area (Å²) in [6.45, 7) is 4.99. The van der Waals surface area contributed by atoms with Gasteiger partial charge in [-0.3, -0.25) is 4.79 Å². The van der Waals surface area contributed by atoms with Crippen LogP contribution in [0.25, 0.3) is 10.2 Å². The standard InChI is InChI=1S/C21H23N3O3S/c1-12-17-13(2)22-19(14-4-5-14)24-21(17)28-18(12)20(25)23-15-6-8-16(9-7-15)27-11-10-26-3/h6-9,14H,4-5,10-11H2,1-3H3,(H,23,25). The number of carbonyl (C=O) groups is 1. The third-order valence-corrected chi connectivity index (χ3v) is 5.99. The van der Waals surface area contributed by atoms with E-state index < -0.39 is 0 Å². The molecule has 0 spiro atoms. The summed E-state index contributed by atoms with van der Waals surface area (Å²) in [6.07, 6.45) is 2.32. The highest BCUT2D eigenvalue weighted by atomic mass is 32.1. The Balaban J connectivity index is 1.52. The highest BCUT2D eigenvalue weighted by Gasteiger charge is 2.28. The van der Waals surface area contributed by atoms with E-state index in [0.717, 1.165) is 51.6 Å². The van der Waals surface area contributed by atoms with Crippen molar-refractivity contribution in [2.24, 2.45) is 0 Å². The van der Waals surface area contributed by atoms with Gasteiger partial charge in [0.15, 0.2) is 0 Å². The van der Waals surface area contributed by atoms with Gasteiger partial charge < -0.3 is 14.8 Å². The highest BCUT2D eigenvalue weighted by Crippen LogP contribution is 2.40. The minimum atomic E-state index is -0.124. The van der Waals surface area contributed by atoms with E-state index in [2.05, 4.69) is 10.3 Å². The lowest BCUT2D eigenvalue weighted by Crippen LogP contribution is -2.11. The normalized spacial score (nSPS) is 13.7. The van der Waals surface area contributed by atoms with Crippen molar-refractivity contribution < 1.29 is 14.3 Å². The van der Waals surface area contributed by atoms with Crippen molar-refractivity contribution in [3.05, 3.63) is 46.2 Å². The second-order valence-electron chi connectivity index (χ2n) is 7.00. The predicted octanol–water partition coefficient (Wildman–Crippen LogP) is 4.46. The Morgan fingerprint density at radius 2 is 1.93 bits per heavy atom. The van der Waals surface area contributed by atoms with E-state index >= 15 is 0 Å². The summed E-state index contributed by atoms with van der Waals surface area (Å²) in [4.78, 5) is 23.8. The number of aromatic nitrogens is 2. The first kappa shape index (κ1) is 18.8. The number of nitrogens with one attached hydrogen (secondary N) is 1. The summed E-state index contributed by atoms with van der Waals surface area (Å²) in [7, 11) is 1.64. The Labute approximate surface area is 167 Å². The smallest absolute Gasteiger partial charge is 0.266 e. The first-order chi connectivity index (χ1) is 13.6. The first-order valence-electron chi connectivity index (χ1n) is 9.37. The van der Waals surface area contributed by atoms with Crippen LogP contribution in [0.4, 0.5) is 5.69 Å². The monoisotopic (exact) mass is 397 g/mol. The highest BCUT2D eigenvalue weighted by molar-refractivity contribution is 7.20. The predicted molar refractivity (Wildman–Crippen MR) is 111 cm³/mol. The number of rotatable bonds is 7. The molecule has 1 aliphatic carbocycles.